The number of hydrogen-bond acceptors (Lipinski definition) is 5. The number of nitrogens with zero attached hydrogens (tertiary/aromatic N) is 2. The molecule has 1 unspecified atom stereocenters. The minimum atomic E-state index is -0.266. The highest BCUT2D eigenvalue weighted by Crippen LogP contribution is 2.15. The third kappa shape index (κ3) is 3.62. The Hall–Kier alpha value is -1.72. The lowest BCUT2D eigenvalue weighted by atomic mass is 10.1. The molecule has 0 bridgehead atoms. The standard InChI is InChI=1S/C14H19N3O2/c1-10-5-3-4-6-11(10)9-13-16-14(19-17-13)12(15)7-8-18-2/h3-6,12H,7-9,15H2,1-2H3. The van der Waals surface area contributed by atoms with E-state index in [9.17, 15) is 0 Å². The Morgan fingerprint density at radius 2 is 2.16 bits per heavy atom. The van der Waals surface area contributed by atoms with Crippen LogP contribution in [0.5, 0.6) is 0 Å². The highest BCUT2D eigenvalue weighted by molar-refractivity contribution is 5.27. The first kappa shape index (κ1) is 13.7. The molecule has 0 aliphatic rings. The second-order valence-electron chi connectivity index (χ2n) is 4.54. The summed E-state index contributed by atoms with van der Waals surface area (Å²) in [6.45, 7) is 2.65. The summed E-state index contributed by atoms with van der Waals surface area (Å²) in [5.41, 5.74) is 8.36. The van der Waals surface area contributed by atoms with Gasteiger partial charge in [-0.2, -0.15) is 4.98 Å². The van der Waals surface area contributed by atoms with Crippen LogP contribution in [-0.2, 0) is 11.2 Å². The largest absolute Gasteiger partial charge is 0.385 e. The molecule has 2 rings (SSSR count). The molecule has 0 aliphatic heterocycles. The maximum absolute atomic E-state index is 5.94. The molecule has 2 N–H and O–H groups in total. The number of aryl methyl sites for hydroxylation is 1. The fourth-order valence-electron chi connectivity index (χ4n) is 1.84. The van der Waals surface area contributed by atoms with Crippen molar-refractivity contribution in [2.75, 3.05) is 13.7 Å². The molecule has 0 saturated heterocycles. The normalized spacial score (nSPS) is 12.6. The van der Waals surface area contributed by atoms with Crippen LogP contribution < -0.4 is 5.73 Å². The fourth-order valence-corrected chi connectivity index (χ4v) is 1.84. The third-order valence-electron chi connectivity index (χ3n) is 3.04. The minimum Gasteiger partial charge on any atom is -0.385 e. The van der Waals surface area contributed by atoms with Gasteiger partial charge in [-0.25, -0.2) is 0 Å². The number of benzene rings is 1. The minimum absolute atomic E-state index is 0.266. The van der Waals surface area contributed by atoms with Crippen molar-refractivity contribution in [1.82, 2.24) is 10.1 Å². The van der Waals surface area contributed by atoms with E-state index in [0.29, 0.717) is 31.2 Å². The predicted molar refractivity (Wildman–Crippen MR) is 71.7 cm³/mol. The number of aromatic nitrogens is 2. The van der Waals surface area contributed by atoms with Crippen molar-refractivity contribution in [2.24, 2.45) is 5.73 Å². The van der Waals surface area contributed by atoms with Gasteiger partial charge in [0.15, 0.2) is 5.82 Å². The molecule has 0 amide bonds. The molecule has 1 heterocycles. The number of methoxy groups -OCH3 is 1. The Labute approximate surface area is 112 Å². The molecule has 1 aromatic carbocycles. The molecule has 0 saturated carbocycles. The molecule has 0 spiro atoms. The summed E-state index contributed by atoms with van der Waals surface area (Å²) in [7, 11) is 1.64. The summed E-state index contributed by atoms with van der Waals surface area (Å²) in [4.78, 5) is 4.34. The highest BCUT2D eigenvalue weighted by Gasteiger charge is 2.15. The number of hydrogen-bond donors (Lipinski definition) is 1. The number of nitrogens with two attached hydrogens (primary N) is 1. The second kappa shape index (κ2) is 6.45. The average Bonchev–Trinajstić information content (AvgIpc) is 2.87. The lowest BCUT2D eigenvalue weighted by molar-refractivity contribution is 0.182. The first-order valence-electron chi connectivity index (χ1n) is 6.32. The van der Waals surface area contributed by atoms with Crippen molar-refractivity contribution in [1.29, 1.82) is 0 Å². The van der Waals surface area contributed by atoms with Gasteiger partial charge in [-0.05, 0) is 24.5 Å². The van der Waals surface area contributed by atoms with Gasteiger partial charge in [0.2, 0.25) is 5.89 Å². The van der Waals surface area contributed by atoms with Crippen molar-refractivity contribution in [2.45, 2.75) is 25.8 Å². The zero-order valence-electron chi connectivity index (χ0n) is 11.3. The van der Waals surface area contributed by atoms with Gasteiger partial charge in [0.25, 0.3) is 0 Å². The Balaban J connectivity index is 2.03. The van der Waals surface area contributed by atoms with Crippen molar-refractivity contribution < 1.29 is 9.26 Å². The van der Waals surface area contributed by atoms with Gasteiger partial charge in [0.1, 0.15) is 0 Å². The quantitative estimate of drug-likeness (QED) is 0.861. The fraction of sp³-hybridized carbons (Fsp3) is 0.429. The van der Waals surface area contributed by atoms with E-state index in [4.69, 9.17) is 15.0 Å². The topological polar surface area (TPSA) is 74.2 Å². The zero-order valence-corrected chi connectivity index (χ0v) is 11.3. The summed E-state index contributed by atoms with van der Waals surface area (Å²) < 4.78 is 10.2. The smallest absolute Gasteiger partial charge is 0.243 e. The van der Waals surface area contributed by atoms with E-state index in [1.807, 2.05) is 12.1 Å². The van der Waals surface area contributed by atoms with Crippen LogP contribution in [-0.4, -0.2) is 23.9 Å². The maximum Gasteiger partial charge on any atom is 0.243 e. The van der Waals surface area contributed by atoms with Crippen molar-refractivity contribution in [3.63, 3.8) is 0 Å². The molecule has 19 heavy (non-hydrogen) atoms. The predicted octanol–water partition coefficient (Wildman–Crippen LogP) is 2.01. The lowest BCUT2D eigenvalue weighted by Crippen LogP contribution is -2.13. The third-order valence-corrected chi connectivity index (χ3v) is 3.04. The van der Waals surface area contributed by atoms with Crippen molar-refractivity contribution >= 4 is 0 Å². The van der Waals surface area contributed by atoms with Crippen LogP contribution in [0.2, 0.25) is 0 Å². The van der Waals surface area contributed by atoms with Gasteiger partial charge in [-0.1, -0.05) is 29.4 Å². The zero-order chi connectivity index (χ0) is 13.7. The van der Waals surface area contributed by atoms with Crippen molar-refractivity contribution in [3.05, 3.63) is 47.1 Å². The molecule has 0 fully saturated rings. The van der Waals surface area contributed by atoms with Gasteiger partial charge in [-0.3, -0.25) is 0 Å². The molecule has 0 radical (unpaired) electrons. The van der Waals surface area contributed by atoms with E-state index >= 15 is 0 Å². The highest BCUT2D eigenvalue weighted by atomic mass is 16.5. The Morgan fingerprint density at radius 3 is 2.89 bits per heavy atom. The Bertz CT molecular complexity index is 525. The van der Waals surface area contributed by atoms with E-state index in [2.05, 4.69) is 29.2 Å². The van der Waals surface area contributed by atoms with Gasteiger partial charge in [-0.15, -0.1) is 0 Å². The molecular weight excluding hydrogens is 242 g/mol. The van der Waals surface area contributed by atoms with E-state index in [1.54, 1.807) is 7.11 Å². The molecule has 5 nitrogen and oxygen atoms in total. The lowest BCUT2D eigenvalue weighted by Gasteiger charge is -2.04. The van der Waals surface area contributed by atoms with Crippen molar-refractivity contribution in [3.8, 4) is 0 Å². The van der Waals surface area contributed by atoms with Crippen LogP contribution >= 0.6 is 0 Å². The van der Waals surface area contributed by atoms with Gasteiger partial charge in [0, 0.05) is 20.1 Å². The molecule has 102 valence electrons. The van der Waals surface area contributed by atoms with Crippen LogP contribution in [0.25, 0.3) is 0 Å². The summed E-state index contributed by atoms with van der Waals surface area (Å²) in [6.07, 6.45) is 1.33. The Morgan fingerprint density at radius 1 is 1.37 bits per heavy atom. The molecule has 5 heteroatoms. The van der Waals surface area contributed by atoms with Crippen LogP contribution in [0.1, 0.15) is 35.3 Å². The maximum atomic E-state index is 5.94. The summed E-state index contributed by atoms with van der Waals surface area (Å²) in [5.74, 6) is 1.14. The SMILES string of the molecule is COCCC(N)c1nc(Cc2ccccc2C)no1. The van der Waals surface area contributed by atoms with E-state index < -0.39 is 0 Å². The molecule has 1 aromatic heterocycles. The average molecular weight is 261 g/mol. The summed E-state index contributed by atoms with van der Waals surface area (Å²) in [6, 6.07) is 7.89. The number of ether oxygens (including phenoxy) is 1. The summed E-state index contributed by atoms with van der Waals surface area (Å²) in [5, 5.41) is 3.97. The first-order valence-corrected chi connectivity index (χ1v) is 6.32. The van der Waals surface area contributed by atoms with Crippen LogP contribution in [0.4, 0.5) is 0 Å². The van der Waals surface area contributed by atoms with E-state index in [1.165, 1.54) is 11.1 Å². The van der Waals surface area contributed by atoms with E-state index in [-0.39, 0.29) is 6.04 Å². The summed E-state index contributed by atoms with van der Waals surface area (Å²) >= 11 is 0. The Kier molecular flexibility index (Phi) is 4.65. The van der Waals surface area contributed by atoms with E-state index in [0.717, 1.165) is 0 Å². The van der Waals surface area contributed by atoms with Crippen LogP contribution in [0.3, 0.4) is 0 Å². The molecule has 1 atom stereocenters. The first-order chi connectivity index (χ1) is 9.20. The molecular formula is C14H19N3O2. The van der Waals surface area contributed by atoms with Crippen LogP contribution in [0, 0.1) is 6.92 Å². The number of rotatable bonds is 6. The van der Waals surface area contributed by atoms with Gasteiger partial charge in [0.05, 0.1) is 6.04 Å². The molecule has 2 aromatic rings. The monoisotopic (exact) mass is 261 g/mol. The van der Waals surface area contributed by atoms with Gasteiger partial charge < -0.3 is 15.0 Å². The molecule has 0 aliphatic carbocycles. The second-order valence-corrected chi connectivity index (χ2v) is 4.54. The van der Waals surface area contributed by atoms with Crippen LogP contribution in [0.15, 0.2) is 28.8 Å². The van der Waals surface area contributed by atoms with Gasteiger partial charge >= 0.3 is 0 Å².